The number of aromatic nitrogens is 1. The monoisotopic (exact) mass is 389 g/mol. The van der Waals surface area contributed by atoms with Crippen LogP contribution in [0, 0.1) is 6.92 Å². The van der Waals surface area contributed by atoms with Gasteiger partial charge in [0.1, 0.15) is 10.7 Å². The lowest BCUT2D eigenvalue weighted by atomic mass is 10.2. The fraction of sp³-hybridized carbons (Fsp3) is 0.154. The lowest BCUT2D eigenvalue weighted by molar-refractivity contribution is 0.601. The summed E-state index contributed by atoms with van der Waals surface area (Å²) in [6, 6.07) is 6.38. The molecule has 0 aliphatic carbocycles. The molecule has 112 valence electrons. The number of aryl methyl sites for hydroxylation is 1. The molecule has 0 saturated heterocycles. The maximum Gasteiger partial charge on any atom is 0.263 e. The molecule has 0 amide bonds. The van der Waals surface area contributed by atoms with E-state index in [4.69, 9.17) is 11.6 Å². The predicted octanol–water partition coefficient (Wildman–Crippen LogP) is 3.65. The van der Waals surface area contributed by atoms with Crippen molar-refractivity contribution in [1.82, 2.24) is 4.98 Å². The van der Waals surface area contributed by atoms with Crippen molar-refractivity contribution in [2.45, 2.75) is 11.8 Å². The van der Waals surface area contributed by atoms with Crippen molar-refractivity contribution in [3.8, 4) is 0 Å². The van der Waals surface area contributed by atoms with Gasteiger partial charge in [0, 0.05) is 22.7 Å². The highest BCUT2D eigenvalue weighted by atomic mass is 79.9. The highest BCUT2D eigenvalue weighted by Crippen LogP contribution is 2.30. The van der Waals surface area contributed by atoms with Crippen LogP contribution in [0.15, 0.2) is 39.8 Å². The Morgan fingerprint density at radius 2 is 2.00 bits per heavy atom. The first kappa shape index (κ1) is 16.1. The zero-order valence-electron chi connectivity index (χ0n) is 11.3. The summed E-state index contributed by atoms with van der Waals surface area (Å²) in [4.78, 5) is 4.07. The Morgan fingerprint density at radius 1 is 1.29 bits per heavy atom. The zero-order valence-corrected chi connectivity index (χ0v) is 14.5. The molecule has 2 N–H and O–H groups in total. The zero-order chi connectivity index (χ0) is 15.6. The largest absolute Gasteiger partial charge is 0.373 e. The first-order valence-electron chi connectivity index (χ1n) is 5.96. The SMILES string of the molecule is CNc1ccc(S(=O)(=O)Nc2cc(Cl)c(C)cc2Br)cn1. The van der Waals surface area contributed by atoms with E-state index in [1.165, 1.54) is 12.3 Å². The van der Waals surface area contributed by atoms with Gasteiger partial charge in [0.2, 0.25) is 0 Å². The van der Waals surface area contributed by atoms with Gasteiger partial charge in [-0.15, -0.1) is 0 Å². The van der Waals surface area contributed by atoms with Crippen LogP contribution in [0.25, 0.3) is 0 Å². The Bertz CT molecular complexity index is 764. The quantitative estimate of drug-likeness (QED) is 0.836. The number of pyridine rings is 1. The van der Waals surface area contributed by atoms with Crippen LogP contribution in [0.3, 0.4) is 0 Å². The first-order chi connectivity index (χ1) is 9.83. The van der Waals surface area contributed by atoms with Crippen LogP contribution in [-0.2, 0) is 10.0 Å². The molecule has 0 atom stereocenters. The van der Waals surface area contributed by atoms with Crippen molar-refractivity contribution in [3.05, 3.63) is 45.5 Å². The molecule has 2 aromatic rings. The molecule has 0 saturated carbocycles. The number of nitrogens with zero attached hydrogens (tertiary/aromatic N) is 1. The van der Waals surface area contributed by atoms with Crippen molar-refractivity contribution in [2.24, 2.45) is 0 Å². The van der Waals surface area contributed by atoms with Crippen LogP contribution >= 0.6 is 27.5 Å². The number of nitrogens with one attached hydrogen (secondary N) is 2. The van der Waals surface area contributed by atoms with Crippen molar-refractivity contribution in [2.75, 3.05) is 17.1 Å². The summed E-state index contributed by atoms with van der Waals surface area (Å²) in [6.45, 7) is 1.84. The second kappa shape index (κ2) is 6.21. The molecular formula is C13H13BrClN3O2S. The summed E-state index contributed by atoms with van der Waals surface area (Å²) in [7, 11) is -2.01. The molecule has 1 heterocycles. The smallest absolute Gasteiger partial charge is 0.263 e. The summed E-state index contributed by atoms with van der Waals surface area (Å²) in [5.41, 5.74) is 1.23. The summed E-state index contributed by atoms with van der Waals surface area (Å²) in [5, 5.41) is 3.31. The van der Waals surface area contributed by atoms with E-state index in [-0.39, 0.29) is 4.90 Å². The van der Waals surface area contributed by atoms with Gasteiger partial charge in [-0.1, -0.05) is 11.6 Å². The van der Waals surface area contributed by atoms with Gasteiger partial charge in [0.05, 0.1) is 5.69 Å². The number of rotatable bonds is 4. The van der Waals surface area contributed by atoms with Crippen LogP contribution in [0.5, 0.6) is 0 Å². The third-order valence-electron chi connectivity index (χ3n) is 2.80. The molecule has 1 aromatic heterocycles. The van der Waals surface area contributed by atoms with Crippen molar-refractivity contribution in [3.63, 3.8) is 0 Å². The Kier molecular flexibility index (Phi) is 4.75. The van der Waals surface area contributed by atoms with Gasteiger partial charge in [0.25, 0.3) is 10.0 Å². The molecule has 0 aliphatic rings. The molecule has 0 bridgehead atoms. The summed E-state index contributed by atoms with van der Waals surface area (Å²) in [5.74, 6) is 0.591. The van der Waals surface area contributed by atoms with E-state index >= 15 is 0 Å². The van der Waals surface area contributed by atoms with E-state index in [1.54, 1.807) is 25.2 Å². The lowest BCUT2D eigenvalue weighted by Gasteiger charge is -2.11. The van der Waals surface area contributed by atoms with E-state index in [0.717, 1.165) is 5.56 Å². The summed E-state index contributed by atoms with van der Waals surface area (Å²) >= 11 is 9.34. The average molecular weight is 391 g/mol. The predicted molar refractivity (Wildman–Crippen MR) is 88.5 cm³/mol. The average Bonchev–Trinajstić information content (AvgIpc) is 2.44. The number of hydrogen-bond acceptors (Lipinski definition) is 4. The van der Waals surface area contributed by atoms with Gasteiger partial charge >= 0.3 is 0 Å². The van der Waals surface area contributed by atoms with Gasteiger partial charge in [-0.2, -0.15) is 0 Å². The molecule has 0 aliphatic heterocycles. The Morgan fingerprint density at radius 3 is 2.57 bits per heavy atom. The van der Waals surface area contributed by atoms with Crippen LogP contribution in [0.4, 0.5) is 11.5 Å². The number of halogens is 2. The molecule has 0 radical (unpaired) electrons. The molecule has 0 fully saturated rings. The normalized spacial score (nSPS) is 11.2. The Labute approximate surface area is 136 Å². The van der Waals surface area contributed by atoms with E-state index in [2.05, 4.69) is 31.0 Å². The molecule has 0 unspecified atom stereocenters. The second-order valence-electron chi connectivity index (χ2n) is 4.32. The van der Waals surface area contributed by atoms with E-state index in [1.807, 2.05) is 6.92 Å². The number of anilines is 2. The molecular weight excluding hydrogens is 378 g/mol. The van der Waals surface area contributed by atoms with Crippen molar-refractivity contribution >= 4 is 49.1 Å². The highest BCUT2D eigenvalue weighted by molar-refractivity contribution is 9.10. The maximum absolute atomic E-state index is 12.3. The fourth-order valence-corrected chi connectivity index (χ4v) is 3.48. The molecule has 8 heteroatoms. The fourth-order valence-electron chi connectivity index (χ4n) is 1.62. The lowest BCUT2D eigenvalue weighted by Crippen LogP contribution is -2.14. The van der Waals surface area contributed by atoms with E-state index < -0.39 is 10.0 Å². The van der Waals surface area contributed by atoms with Crippen LogP contribution < -0.4 is 10.0 Å². The molecule has 5 nitrogen and oxygen atoms in total. The maximum atomic E-state index is 12.3. The van der Waals surface area contributed by atoms with Crippen LogP contribution in [-0.4, -0.2) is 20.4 Å². The van der Waals surface area contributed by atoms with Gasteiger partial charge in [-0.05, 0) is 52.7 Å². The minimum Gasteiger partial charge on any atom is -0.373 e. The number of sulfonamides is 1. The van der Waals surface area contributed by atoms with E-state index in [9.17, 15) is 8.42 Å². The molecule has 1 aromatic carbocycles. The summed E-state index contributed by atoms with van der Waals surface area (Å²) < 4.78 is 27.7. The molecule has 21 heavy (non-hydrogen) atoms. The highest BCUT2D eigenvalue weighted by Gasteiger charge is 2.17. The Hall–Kier alpha value is -1.31. The van der Waals surface area contributed by atoms with E-state index in [0.29, 0.717) is 21.0 Å². The van der Waals surface area contributed by atoms with Crippen LogP contribution in [0.2, 0.25) is 5.02 Å². The first-order valence-corrected chi connectivity index (χ1v) is 8.61. The standard InChI is InChI=1S/C13H13BrClN3O2S/c1-8-5-10(14)12(6-11(8)15)18-21(19,20)9-3-4-13(16-2)17-7-9/h3-7,18H,1-2H3,(H,16,17). The van der Waals surface area contributed by atoms with Crippen LogP contribution in [0.1, 0.15) is 5.56 Å². The van der Waals surface area contributed by atoms with Crippen molar-refractivity contribution in [1.29, 1.82) is 0 Å². The van der Waals surface area contributed by atoms with Gasteiger partial charge in [-0.3, -0.25) is 4.72 Å². The number of hydrogen-bond donors (Lipinski definition) is 2. The minimum absolute atomic E-state index is 0.0742. The minimum atomic E-state index is -3.72. The summed E-state index contributed by atoms with van der Waals surface area (Å²) in [6.07, 6.45) is 1.29. The topological polar surface area (TPSA) is 71.1 Å². The third-order valence-corrected chi connectivity index (χ3v) is 5.21. The number of benzene rings is 1. The van der Waals surface area contributed by atoms with Gasteiger partial charge in [0.15, 0.2) is 0 Å². The van der Waals surface area contributed by atoms with Crippen molar-refractivity contribution < 1.29 is 8.42 Å². The third kappa shape index (κ3) is 3.66. The molecule has 2 rings (SSSR count). The second-order valence-corrected chi connectivity index (χ2v) is 7.26. The van der Waals surface area contributed by atoms with Gasteiger partial charge < -0.3 is 5.32 Å². The van der Waals surface area contributed by atoms with Gasteiger partial charge in [-0.25, -0.2) is 13.4 Å². The molecule has 0 spiro atoms. The Balaban J connectivity index is 2.34.